The molecule has 0 atom stereocenters. The zero-order chi connectivity index (χ0) is 16.8. The number of carbonyl (C=O) groups is 1. The van der Waals surface area contributed by atoms with Crippen molar-refractivity contribution in [3.63, 3.8) is 0 Å². The summed E-state index contributed by atoms with van der Waals surface area (Å²) < 4.78 is 5.46. The molecule has 1 aromatic carbocycles. The van der Waals surface area contributed by atoms with Crippen LogP contribution in [0.2, 0.25) is 0 Å². The quantitative estimate of drug-likeness (QED) is 0.842. The third-order valence-electron chi connectivity index (χ3n) is 5.75. The van der Waals surface area contributed by atoms with E-state index in [1.54, 1.807) is 0 Å². The third kappa shape index (κ3) is 4.50. The summed E-state index contributed by atoms with van der Waals surface area (Å²) in [5.74, 6) is 1.65. The van der Waals surface area contributed by atoms with E-state index in [1.807, 2.05) is 35.2 Å². The molecule has 24 heavy (non-hydrogen) atoms. The van der Waals surface area contributed by atoms with E-state index < -0.39 is 0 Å². The first-order chi connectivity index (χ1) is 11.8. The van der Waals surface area contributed by atoms with E-state index in [4.69, 9.17) is 4.74 Å². The Morgan fingerprint density at radius 2 is 1.58 bits per heavy atom. The molecule has 2 fully saturated rings. The number of hydrogen-bond donors (Lipinski definition) is 0. The van der Waals surface area contributed by atoms with Crippen molar-refractivity contribution in [2.24, 2.45) is 11.8 Å². The summed E-state index contributed by atoms with van der Waals surface area (Å²) in [6.45, 7) is 8.01. The standard InChI is InChI=1S/C20H30N2O2/c1-2-21-12-8-18(9-13-21)19-10-14-22(15-11-19)20(23)24-16-17-6-4-3-5-7-17/h3-7,18-19H,2,8-16H2,1H3. The molecule has 1 aromatic rings. The Morgan fingerprint density at radius 1 is 1.00 bits per heavy atom. The highest BCUT2D eigenvalue weighted by molar-refractivity contribution is 5.67. The maximum absolute atomic E-state index is 12.2. The van der Waals surface area contributed by atoms with E-state index in [9.17, 15) is 4.79 Å². The molecule has 2 aliphatic rings. The highest BCUT2D eigenvalue weighted by atomic mass is 16.6. The van der Waals surface area contributed by atoms with Crippen molar-refractivity contribution < 1.29 is 9.53 Å². The Hall–Kier alpha value is -1.55. The molecule has 0 unspecified atom stereocenters. The number of benzene rings is 1. The zero-order valence-corrected chi connectivity index (χ0v) is 14.8. The number of hydrogen-bond acceptors (Lipinski definition) is 3. The van der Waals surface area contributed by atoms with Crippen LogP contribution in [-0.4, -0.2) is 48.6 Å². The second-order valence-corrected chi connectivity index (χ2v) is 7.14. The van der Waals surface area contributed by atoms with Crippen molar-refractivity contribution in [2.45, 2.75) is 39.2 Å². The molecule has 132 valence electrons. The minimum absolute atomic E-state index is 0.155. The molecule has 0 radical (unpaired) electrons. The van der Waals surface area contributed by atoms with E-state index in [0.717, 1.165) is 43.3 Å². The van der Waals surface area contributed by atoms with Crippen LogP contribution in [0.15, 0.2) is 30.3 Å². The largest absolute Gasteiger partial charge is 0.445 e. The van der Waals surface area contributed by atoms with Crippen LogP contribution in [-0.2, 0) is 11.3 Å². The molecule has 0 spiro atoms. The average Bonchev–Trinajstić information content (AvgIpc) is 2.67. The average molecular weight is 330 g/mol. The predicted octanol–water partition coefficient (Wildman–Crippen LogP) is 3.77. The van der Waals surface area contributed by atoms with Gasteiger partial charge in [-0.3, -0.25) is 0 Å². The molecular weight excluding hydrogens is 300 g/mol. The van der Waals surface area contributed by atoms with E-state index in [-0.39, 0.29) is 6.09 Å². The van der Waals surface area contributed by atoms with Gasteiger partial charge in [0.15, 0.2) is 0 Å². The normalized spacial score (nSPS) is 21.0. The second-order valence-electron chi connectivity index (χ2n) is 7.14. The first-order valence-electron chi connectivity index (χ1n) is 9.44. The number of likely N-dealkylation sites (tertiary alicyclic amines) is 2. The van der Waals surface area contributed by atoms with Gasteiger partial charge in [-0.25, -0.2) is 4.79 Å². The number of amides is 1. The lowest BCUT2D eigenvalue weighted by molar-refractivity contribution is 0.0655. The number of nitrogens with zero attached hydrogens (tertiary/aromatic N) is 2. The van der Waals surface area contributed by atoms with Crippen LogP contribution in [0.5, 0.6) is 0 Å². The second kappa shape index (κ2) is 8.52. The topological polar surface area (TPSA) is 32.8 Å². The molecule has 0 N–H and O–H groups in total. The van der Waals surface area contributed by atoms with Crippen LogP contribution < -0.4 is 0 Å². The Labute approximate surface area is 145 Å². The number of carbonyl (C=O) groups excluding carboxylic acids is 1. The minimum Gasteiger partial charge on any atom is -0.445 e. The van der Waals surface area contributed by atoms with Crippen LogP contribution in [0.4, 0.5) is 4.79 Å². The van der Waals surface area contributed by atoms with Gasteiger partial charge in [-0.2, -0.15) is 0 Å². The highest BCUT2D eigenvalue weighted by Crippen LogP contribution is 2.32. The van der Waals surface area contributed by atoms with Crippen LogP contribution >= 0.6 is 0 Å². The van der Waals surface area contributed by atoms with Gasteiger partial charge in [0.25, 0.3) is 0 Å². The van der Waals surface area contributed by atoms with Crippen LogP contribution in [0.25, 0.3) is 0 Å². The Bertz CT molecular complexity index is 504. The number of rotatable bonds is 4. The van der Waals surface area contributed by atoms with Gasteiger partial charge in [0.1, 0.15) is 6.61 Å². The molecular formula is C20H30N2O2. The van der Waals surface area contributed by atoms with Crippen molar-refractivity contribution in [3.8, 4) is 0 Å². The molecule has 4 nitrogen and oxygen atoms in total. The molecule has 2 heterocycles. The summed E-state index contributed by atoms with van der Waals surface area (Å²) in [6.07, 6.45) is 4.78. The minimum atomic E-state index is -0.155. The van der Waals surface area contributed by atoms with Crippen LogP contribution in [0.3, 0.4) is 0 Å². The van der Waals surface area contributed by atoms with Crippen molar-refractivity contribution in [3.05, 3.63) is 35.9 Å². The zero-order valence-electron chi connectivity index (χ0n) is 14.8. The lowest BCUT2D eigenvalue weighted by atomic mass is 9.79. The fourth-order valence-electron chi connectivity index (χ4n) is 4.10. The fourth-order valence-corrected chi connectivity index (χ4v) is 4.10. The maximum atomic E-state index is 12.2. The molecule has 2 aliphatic heterocycles. The molecule has 3 rings (SSSR count). The summed E-state index contributed by atoms with van der Waals surface area (Å²) in [7, 11) is 0. The maximum Gasteiger partial charge on any atom is 0.410 e. The summed E-state index contributed by atoms with van der Waals surface area (Å²) in [6, 6.07) is 9.89. The van der Waals surface area contributed by atoms with Crippen LogP contribution in [0.1, 0.15) is 38.2 Å². The van der Waals surface area contributed by atoms with E-state index >= 15 is 0 Å². The van der Waals surface area contributed by atoms with E-state index in [2.05, 4.69) is 11.8 Å². The van der Waals surface area contributed by atoms with Gasteiger partial charge >= 0.3 is 6.09 Å². The lowest BCUT2D eigenvalue weighted by Gasteiger charge is -2.39. The van der Waals surface area contributed by atoms with Crippen molar-refractivity contribution >= 4 is 6.09 Å². The van der Waals surface area contributed by atoms with Gasteiger partial charge in [-0.05, 0) is 62.7 Å². The Balaban J connectivity index is 1.39. The number of ether oxygens (including phenoxy) is 1. The molecule has 0 bridgehead atoms. The molecule has 0 aliphatic carbocycles. The Morgan fingerprint density at radius 3 is 2.17 bits per heavy atom. The van der Waals surface area contributed by atoms with E-state index in [0.29, 0.717) is 6.61 Å². The van der Waals surface area contributed by atoms with Crippen molar-refractivity contribution in [1.29, 1.82) is 0 Å². The number of piperidine rings is 2. The summed E-state index contributed by atoms with van der Waals surface area (Å²) >= 11 is 0. The van der Waals surface area contributed by atoms with Crippen molar-refractivity contribution in [1.82, 2.24) is 9.80 Å². The summed E-state index contributed by atoms with van der Waals surface area (Å²) in [5.41, 5.74) is 1.04. The fraction of sp³-hybridized carbons (Fsp3) is 0.650. The SMILES string of the molecule is CCN1CCC(C2CCN(C(=O)OCc3ccccc3)CC2)CC1. The van der Waals surface area contributed by atoms with E-state index in [1.165, 1.54) is 32.5 Å². The molecule has 4 heteroatoms. The van der Waals surface area contributed by atoms with Gasteiger partial charge in [-0.15, -0.1) is 0 Å². The van der Waals surface area contributed by atoms with Gasteiger partial charge in [0.05, 0.1) is 0 Å². The van der Waals surface area contributed by atoms with Crippen molar-refractivity contribution in [2.75, 3.05) is 32.7 Å². The Kier molecular flexibility index (Phi) is 6.13. The monoisotopic (exact) mass is 330 g/mol. The highest BCUT2D eigenvalue weighted by Gasteiger charge is 2.30. The smallest absolute Gasteiger partial charge is 0.410 e. The van der Waals surface area contributed by atoms with Gasteiger partial charge in [0.2, 0.25) is 0 Å². The predicted molar refractivity (Wildman–Crippen MR) is 95.8 cm³/mol. The lowest BCUT2D eigenvalue weighted by Crippen LogP contribution is -2.42. The molecule has 0 aromatic heterocycles. The molecule has 1 amide bonds. The van der Waals surface area contributed by atoms with Gasteiger partial charge in [-0.1, -0.05) is 37.3 Å². The third-order valence-corrected chi connectivity index (χ3v) is 5.75. The van der Waals surface area contributed by atoms with Gasteiger partial charge in [0, 0.05) is 13.1 Å². The first-order valence-corrected chi connectivity index (χ1v) is 9.44. The van der Waals surface area contributed by atoms with Gasteiger partial charge < -0.3 is 14.5 Å². The molecule has 2 saturated heterocycles. The summed E-state index contributed by atoms with van der Waals surface area (Å²) in [4.78, 5) is 16.7. The summed E-state index contributed by atoms with van der Waals surface area (Å²) in [5, 5.41) is 0. The van der Waals surface area contributed by atoms with Crippen LogP contribution in [0, 0.1) is 11.8 Å². The molecule has 0 saturated carbocycles. The first kappa shape index (κ1) is 17.3.